The van der Waals surface area contributed by atoms with Gasteiger partial charge in [-0.15, -0.1) is 0 Å². The Morgan fingerprint density at radius 1 is 0.978 bits per heavy atom. The number of carbonyl (C=O) groups excluding carboxylic acids is 1. The van der Waals surface area contributed by atoms with Crippen LogP contribution in [0.5, 0.6) is 17.4 Å². The fourth-order valence-electron chi connectivity index (χ4n) is 5.05. The molecule has 5 N–H and O–H groups in total. The number of hydrogen-bond acceptors (Lipinski definition) is 11. The van der Waals surface area contributed by atoms with Crippen molar-refractivity contribution in [3.05, 3.63) is 77.2 Å². The first-order chi connectivity index (χ1) is 21.8. The summed E-state index contributed by atoms with van der Waals surface area (Å²) in [6.07, 6.45) is -2.87. The summed E-state index contributed by atoms with van der Waals surface area (Å²) in [5, 5.41) is 43.5. The van der Waals surface area contributed by atoms with E-state index in [4.69, 9.17) is 18.9 Å². The SMILES string of the molecule is CNC(=O)[C@H]1O[C@@H](Oc2ccc(C[C@H](c3ccc(C(C)(C)O)nc3)c3ccc(OC(F)F)c(OC4CC4)c3)cn2)[C@H](O)[C@@H](O)[C@@H]1O. The molecule has 5 rings (SSSR count). The molecule has 12 nitrogen and oxygen atoms in total. The molecule has 2 aliphatic rings. The maximum atomic E-state index is 13.1. The Morgan fingerprint density at radius 2 is 1.72 bits per heavy atom. The second kappa shape index (κ2) is 13.8. The third-order valence-corrected chi connectivity index (χ3v) is 7.77. The van der Waals surface area contributed by atoms with Gasteiger partial charge in [0.15, 0.2) is 17.6 Å². The van der Waals surface area contributed by atoms with Crippen molar-refractivity contribution >= 4 is 5.91 Å². The maximum absolute atomic E-state index is 13.1. The Balaban J connectivity index is 1.40. The van der Waals surface area contributed by atoms with Gasteiger partial charge in [-0.1, -0.05) is 18.2 Å². The molecule has 1 aliphatic carbocycles. The molecular formula is C32H37F2N3O9. The number of carbonyl (C=O) groups is 1. The van der Waals surface area contributed by atoms with Crippen LogP contribution in [0.15, 0.2) is 54.9 Å². The van der Waals surface area contributed by atoms with Gasteiger partial charge in [-0.2, -0.15) is 8.78 Å². The molecule has 1 aliphatic heterocycles. The average Bonchev–Trinajstić information content (AvgIpc) is 3.85. The molecule has 2 aromatic heterocycles. The number of halogens is 2. The lowest BCUT2D eigenvalue weighted by Gasteiger charge is -2.39. The van der Waals surface area contributed by atoms with E-state index in [0.717, 1.165) is 29.5 Å². The molecule has 248 valence electrons. The molecule has 1 saturated carbocycles. The first kappa shape index (κ1) is 33.4. The molecule has 14 heteroatoms. The molecule has 0 spiro atoms. The molecule has 2 fully saturated rings. The summed E-state index contributed by atoms with van der Waals surface area (Å²) in [5.41, 5.74) is 1.57. The number of rotatable bonds is 12. The number of nitrogens with zero attached hydrogens (tertiary/aromatic N) is 2. The number of nitrogens with one attached hydrogen (secondary N) is 1. The topological polar surface area (TPSA) is 173 Å². The molecule has 1 amide bonds. The van der Waals surface area contributed by atoms with Gasteiger partial charge in [-0.25, -0.2) is 4.98 Å². The van der Waals surface area contributed by atoms with Crippen molar-refractivity contribution in [3.8, 4) is 17.4 Å². The number of aliphatic hydroxyl groups excluding tert-OH is 3. The maximum Gasteiger partial charge on any atom is 0.387 e. The molecule has 1 aromatic carbocycles. The smallest absolute Gasteiger partial charge is 0.387 e. The van der Waals surface area contributed by atoms with Gasteiger partial charge >= 0.3 is 6.61 Å². The largest absolute Gasteiger partial charge is 0.487 e. The highest BCUT2D eigenvalue weighted by atomic mass is 19.3. The quantitative estimate of drug-likeness (QED) is 0.195. The van der Waals surface area contributed by atoms with E-state index in [0.29, 0.717) is 12.1 Å². The summed E-state index contributed by atoms with van der Waals surface area (Å²) in [4.78, 5) is 20.9. The molecule has 0 unspecified atom stereocenters. The van der Waals surface area contributed by atoms with Gasteiger partial charge in [0.1, 0.15) is 23.9 Å². The van der Waals surface area contributed by atoms with Gasteiger partial charge in [-0.05, 0) is 68.0 Å². The minimum absolute atomic E-state index is 0.0217. The number of ether oxygens (including phenoxy) is 4. The van der Waals surface area contributed by atoms with Crippen molar-refractivity contribution in [2.75, 3.05) is 7.05 Å². The van der Waals surface area contributed by atoms with E-state index in [9.17, 15) is 34.0 Å². The monoisotopic (exact) mass is 645 g/mol. The Hall–Kier alpha value is -3.95. The first-order valence-electron chi connectivity index (χ1n) is 14.8. The minimum Gasteiger partial charge on any atom is -0.487 e. The summed E-state index contributed by atoms with van der Waals surface area (Å²) < 4.78 is 47.9. The molecular weight excluding hydrogens is 608 g/mol. The summed E-state index contributed by atoms with van der Waals surface area (Å²) in [6.45, 7) is 0.241. The van der Waals surface area contributed by atoms with E-state index >= 15 is 0 Å². The molecule has 0 bridgehead atoms. The number of alkyl halides is 2. The van der Waals surface area contributed by atoms with Crippen molar-refractivity contribution in [2.45, 2.75) is 88.1 Å². The van der Waals surface area contributed by atoms with Crippen LogP contribution in [0, 0.1) is 0 Å². The van der Waals surface area contributed by atoms with Crippen LogP contribution in [-0.4, -0.2) is 86.8 Å². The first-order valence-corrected chi connectivity index (χ1v) is 14.8. The summed E-state index contributed by atoms with van der Waals surface area (Å²) in [6, 6.07) is 11.6. The van der Waals surface area contributed by atoms with Gasteiger partial charge in [0, 0.05) is 31.4 Å². The predicted octanol–water partition coefficient (Wildman–Crippen LogP) is 2.15. The lowest BCUT2D eigenvalue weighted by atomic mass is 9.86. The predicted molar refractivity (Wildman–Crippen MR) is 157 cm³/mol. The van der Waals surface area contributed by atoms with Crippen molar-refractivity contribution in [1.29, 1.82) is 0 Å². The van der Waals surface area contributed by atoms with Crippen LogP contribution in [0.25, 0.3) is 0 Å². The fraction of sp³-hybridized carbons (Fsp3) is 0.469. The number of amides is 1. The standard InChI is InChI=1S/C32H37F2N3O9/c1-32(2,42)23-10-6-18(15-36-23)20(17-5-9-21(44-31(33)34)22(13-17)43-19-7-8-19)12-16-4-11-24(37-14-16)45-30-27(40)25(38)26(39)28(46-30)29(41)35-3/h4-6,9-11,13-15,19-20,25-28,30-31,38-40,42H,7-8,12H2,1-3H3,(H,35,41)/t20-,25-,26-,27+,28-,30+/m0/s1. The van der Waals surface area contributed by atoms with Crippen LogP contribution < -0.4 is 19.5 Å². The third kappa shape index (κ3) is 7.88. The van der Waals surface area contributed by atoms with Crippen LogP contribution in [-0.2, 0) is 21.6 Å². The highest BCUT2D eigenvalue weighted by Gasteiger charge is 2.47. The number of aliphatic hydroxyl groups is 4. The van der Waals surface area contributed by atoms with Crippen LogP contribution in [0.3, 0.4) is 0 Å². The summed E-state index contributed by atoms with van der Waals surface area (Å²) >= 11 is 0. The zero-order valence-corrected chi connectivity index (χ0v) is 25.4. The summed E-state index contributed by atoms with van der Waals surface area (Å²) in [7, 11) is 1.34. The Bertz CT molecular complexity index is 1480. The van der Waals surface area contributed by atoms with Gasteiger partial charge in [0.05, 0.1) is 11.8 Å². The van der Waals surface area contributed by atoms with Crippen LogP contribution in [0.2, 0.25) is 0 Å². The number of benzene rings is 1. The van der Waals surface area contributed by atoms with Crippen molar-refractivity contribution in [2.24, 2.45) is 0 Å². The van der Waals surface area contributed by atoms with Gasteiger partial charge in [0.25, 0.3) is 5.91 Å². The number of likely N-dealkylation sites (N-methyl/N-ethyl adjacent to an activating group) is 1. The zero-order chi connectivity index (χ0) is 33.2. The van der Waals surface area contributed by atoms with E-state index in [1.807, 2.05) is 6.07 Å². The highest BCUT2D eigenvalue weighted by Crippen LogP contribution is 2.39. The van der Waals surface area contributed by atoms with E-state index in [2.05, 4.69) is 15.3 Å². The molecule has 6 atom stereocenters. The van der Waals surface area contributed by atoms with Crippen LogP contribution in [0.4, 0.5) is 8.78 Å². The molecule has 3 heterocycles. The normalized spacial score (nSPS) is 23.9. The second-order valence-electron chi connectivity index (χ2n) is 11.8. The Morgan fingerprint density at radius 3 is 2.30 bits per heavy atom. The summed E-state index contributed by atoms with van der Waals surface area (Å²) in [5.74, 6) is -0.889. The highest BCUT2D eigenvalue weighted by molar-refractivity contribution is 5.81. The Labute approximate surface area is 263 Å². The lowest BCUT2D eigenvalue weighted by Crippen LogP contribution is -2.62. The third-order valence-electron chi connectivity index (χ3n) is 7.77. The number of aromatic nitrogens is 2. The average molecular weight is 646 g/mol. The fourth-order valence-corrected chi connectivity index (χ4v) is 5.05. The van der Waals surface area contributed by atoms with Crippen LogP contribution in [0.1, 0.15) is 55.0 Å². The van der Waals surface area contributed by atoms with Gasteiger partial charge < -0.3 is 44.7 Å². The molecule has 0 radical (unpaired) electrons. The van der Waals surface area contributed by atoms with E-state index in [-0.39, 0.29) is 29.4 Å². The zero-order valence-electron chi connectivity index (χ0n) is 25.4. The number of hydrogen-bond donors (Lipinski definition) is 5. The lowest BCUT2D eigenvalue weighted by molar-refractivity contribution is -0.267. The van der Waals surface area contributed by atoms with E-state index < -0.39 is 48.8 Å². The molecule has 1 saturated heterocycles. The second-order valence-corrected chi connectivity index (χ2v) is 11.8. The van der Waals surface area contributed by atoms with Crippen molar-refractivity contribution in [1.82, 2.24) is 15.3 Å². The van der Waals surface area contributed by atoms with Crippen molar-refractivity contribution < 1.29 is 52.9 Å². The van der Waals surface area contributed by atoms with E-state index in [1.165, 1.54) is 25.4 Å². The Kier molecular flexibility index (Phi) is 10.0. The van der Waals surface area contributed by atoms with E-state index in [1.54, 1.807) is 44.3 Å². The molecule has 3 aromatic rings. The van der Waals surface area contributed by atoms with Gasteiger partial charge in [0.2, 0.25) is 12.2 Å². The van der Waals surface area contributed by atoms with Crippen molar-refractivity contribution in [3.63, 3.8) is 0 Å². The minimum atomic E-state index is -3.02. The number of pyridine rings is 2. The molecule has 46 heavy (non-hydrogen) atoms. The van der Waals surface area contributed by atoms with Gasteiger partial charge in [-0.3, -0.25) is 9.78 Å². The van der Waals surface area contributed by atoms with Crippen LogP contribution >= 0.6 is 0 Å².